The molecule has 0 aromatic rings. The van der Waals surface area contributed by atoms with Crippen molar-refractivity contribution in [3.63, 3.8) is 0 Å². The van der Waals surface area contributed by atoms with E-state index < -0.39 is 0 Å². The first-order chi connectivity index (χ1) is 13.0. The topological polar surface area (TPSA) is 34.1 Å². The second-order valence-corrected chi connectivity index (χ2v) is 8.51. The summed E-state index contributed by atoms with van der Waals surface area (Å²) in [7, 11) is 0. The van der Waals surface area contributed by atoms with Gasteiger partial charge in [-0.15, -0.1) is 0 Å². The predicted molar refractivity (Wildman–Crippen MR) is 120 cm³/mol. The van der Waals surface area contributed by atoms with Crippen molar-refractivity contribution in [1.29, 1.82) is 0 Å². The molecule has 0 saturated carbocycles. The number of carbonyl (C=O) groups is 2. The van der Waals surface area contributed by atoms with Crippen molar-refractivity contribution in [2.75, 3.05) is 0 Å². The number of carbonyl (C=O) groups excluding carboxylic acids is 2. The summed E-state index contributed by atoms with van der Waals surface area (Å²) >= 11 is 0. The van der Waals surface area contributed by atoms with E-state index in [1.165, 1.54) is 0 Å². The Balaban J connectivity index is 3.56. The lowest BCUT2D eigenvalue weighted by Gasteiger charge is -2.23. The maximum atomic E-state index is 13.4. The third kappa shape index (κ3) is 7.07. The van der Waals surface area contributed by atoms with Crippen molar-refractivity contribution < 1.29 is 9.59 Å². The molecule has 0 amide bonds. The summed E-state index contributed by atoms with van der Waals surface area (Å²) < 4.78 is 0. The highest BCUT2D eigenvalue weighted by molar-refractivity contribution is 6.25. The molecular formula is C26H36O2. The lowest BCUT2D eigenvalue weighted by atomic mass is 9.78. The van der Waals surface area contributed by atoms with Gasteiger partial charge in [-0.3, -0.25) is 9.59 Å². The summed E-state index contributed by atoms with van der Waals surface area (Å²) in [4.78, 5) is 26.9. The Hall–Kier alpha value is -2.22. The maximum Gasteiger partial charge on any atom is 0.186 e. The highest BCUT2D eigenvalue weighted by Gasteiger charge is 2.32. The molecule has 0 spiro atoms. The maximum absolute atomic E-state index is 13.4. The van der Waals surface area contributed by atoms with Crippen LogP contribution >= 0.6 is 0 Å². The summed E-state index contributed by atoms with van der Waals surface area (Å²) in [5, 5.41) is 0. The van der Waals surface area contributed by atoms with E-state index in [0.29, 0.717) is 48.0 Å². The van der Waals surface area contributed by atoms with Gasteiger partial charge < -0.3 is 0 Å². The molecule has 0 fully saturated rings. The van der Waals surface area contributed by atoms with Gasteiger partial charge in [0, 0.05) is 22.3 Å². The zero-order chi connectivity index (χ0) is 21.4. The Morgan fingerprint density at radius 3 is 0.786 bits per heavy atom. The zero-order valence-corrected chi connectivity index (χ0v) is 19.0. The molecule has 0 N–H and O–H groups in total. The third-order valence-corrected chi connectivity index (χ3v) is 4.68. The second-order valence-electron chi connectivity index (χ2n) is 8.51. The SMILES string of the molecule is CC(C)=CCC1=C(CC=C(C)C)C(=O)C(CC=C(C)C)=C(CC=C(C)C)C1=O. The van der Waals surface area contributed by atoms with Gasteiger partial charge in [0.1, 0.15) is 0 Å². The zero-order valence-electron chi connectivity index (χ0n) is 19.0. The standard InChI is InChI=1S/C26H36O2/c1-17(2)9-13-21-22(14-10-18(3)4)26(28)24(16-12-20(7)8)23(25(21)27)15-11-19(5)6/h9-12H,13-16H2,1-8H3. The molecule has 0 aliphatic heterocycles. The van der Waals surface area contributed by atoms with Crippen molar-refractivity contribution in [3.8, 4) is 0 Å². The second kappa shape index (κ2) is 10.9. The van der Waals surface area contributed by atoms with E-state index in [2.05, 4.69) is 0 Å². The van der Waals surface area contributed by atoms with Gasteiger partial charge in [-0.1, -0.05) is 46.6 Å². The van der Waals surface area contributed by atoms with E-state index in [4.69, 9.17) is 0 Å². The Morgan fingerprint density at radius 1 is 0.464 bits per heavy atom. The van der Waals surface area contributed by atoms with Crippen LogP contribution in [-0.4, -0.2) is 11.6 Å². The molecule has 2 nitrogen and oxygen atoms in total. The molecule has 0 bridgehead atoms. The summed E-state index contributed by atoms with van der Waals surface area (Å²) in [5.74, 6) is 0.0906. The van der Waals surface area contributed by atoms with Crippen LogP contribution in [0.25, 0.3) is 0 Å². The minimum atomic E-state index is 0.0453. The van der Waals surface area contributed by atoms with Crippen LogP contribution < -0.4 is 0 Å². The van der Waals surface area contributed by atoms with Gasteiger partial charge in [0.15, 0.2) is 11.6 Å². The van der Waals surface area contributed by atoms with E-state index in [-0.39, 0.29) is 11.6 Å². The largest absolute Gasteiger partial charge is 0.289 e. The van der Waals surface area contributed by atoms with Crippen molar-refractivity contribution in [2.45, 2.75) is 81.1 Å². The van der Waals surface area contributed by atoms with Crippen molar-refractivity contribution in [2.24, 2.45) is 0 Å². The van der Waals surface area contributed by atoms with Gasteiger partial charge in [0.05, 0.1) is 0 Å². The number of hydrogen-bond donors (Lipinski definition) is 0. The normalized spacial score (nSPS) is 14.1. The minimum absolute atomic E-state index is 0.0453. The fraction of sp³-hybridized carbons (Fsp3) is 0.462. The summed E-state index contributed by atoms with van der Waals surface area (Å²) in [6.07, 6.45) is 10.3. The van der Waals surface area contributed by atoms with Crippen molar-refractivity contribution in [1.82, 2.24) is 0 Å². The highest BCUT2D eigenvalue weighted by Crippen LogP contribution is 2.33. The first-order valence-electron chi connectivity index (χ1n) is 10.1. The van der Waals surface area contributed by atoms with Crippen LogP contribution in [0.3, 0.4) is 0 Å². The first kappa shape index (κ1) is 23.8. The van der Waals surface area contributed by atoms with Gasteiger partial charge >= 0.3 is 0 Å². The van der Waals surface area contributed by atoms with E-state index in [1.54, 1.807) is 0 Å². The fourth-order valence-corrected chi connectivity index (χ4v) is 3.00. The van der Waals surface area contributed by atoms with Crippen LogP contribution in [0.2, 0.25) is 0 Å². The summed E-state index contributed by atoms with van der Waals surface area (Å²) in [6.45, 7) is 16.2. The van der Waals surface area contributed by atoms with E-state index in [9.17, 15) is 9.59 Å². The van der Waals surface area contributed by atoms with Gasteiger partial charge in [-0.2, -0.15) is 0 Å². The lowest BCUT2D eigenvalue weighted by Crippen LogP contribution is -2.24. The lowest BCUT2D eigenvalue weighted by molar-refractivity contribution is -0.116. The number of allylic oxidation sites excluding steroid dienone is 12. The molecule has 0 heterocycles. The molecule has 28 heavy (non-hydrogen) atoms. The number of Topliss-reactive ketones (excluding diaryl/α,β-unsaturated/α-hetero) is 2. The average Bonchev–Trinajstić information content (AvgIpc) is 2.57. The molecule has 0 radical (unpaired) electrons. The molecule has 0 aromatic heterocycles. The molecule has 1 aliphatic carbocycles. The van der Waals surface area contributed by atoms with Gasteiger partial charge in [-0.05, 0) is 81.1 Å². The highest BCUT2D eigenvalue weighted by atomic mass is 16.1. The van der Waals surface area contributed by atoms with Crippen LogP contribution in [0.15, 0.2) is 68.9 Å². The molecule has 0 aromatic carbocycles. The van der Waals surface area contributed by atoms with Crippen LogP contribution in [0.4, 0.5) is 0 Å². The third-order valence-electron chi connectivity index (χ3n) is 4.68. The van der Waals surface area contributed by atoms with Gasteiger partial charge in [-0.25, -0.2) is 0 Å². The minimum Gasteiger partial charge on any atom is -0.289 e. The molecule has 1 aliphatic rings. The van der Waals surface area contributed by atoms with E-state index >= 15 is 0 Å². The average molecular weight is 381 g/mol. The fourth-order valence-electron chi connectivity index (χ4n) is 3.00. The summed E-state index contributed by atoms with van der Waals surface area (Å²) in [6, 6.07) is 0. The molecular weight excluding hydrogens is 344 g/mol. The van der Waals surface area contributed by atoms with Crippen LogP contribution in [0.1, 0.15) is 81.1 Å². The number of rotatable bonds is 8. The monoisotopic (exact) mass is 380 g/mol. The quantitative estimate of drug-likeness (QED) is 0.331. The van der Waals surface area contributed by atoms with E-state index in [1.807, 2.05) is 79.7 Å². The molecule has 0 atom stereocenters. The van der Waals surface area contributed by atoms with Crippen molar-refractivity contribution >= 4 is 11.6 Å². The predicted octanol–water partition coefficient (Wildman–Crippen LogP) is 7.16. The first-order valence-corrected chi connectivity index (χ1v) is 10.1. The molecule has 0 saturated heterocycles. The van der Waals surface area contributed by atoms with Crippen LogP contribution in [0.5, 0.6) is 0 Å². The number of ketones is 2. The molecule has 1 rings (SSSR count). The van der Waals surface area contributed by atoms with E-state index in [0.717, 1.165) is 22.3 Å². The Kier molecular flexibility index (Phi) is 9.31. The smallest absolute Gasteiger partial charge is 0.186 e. The van der Waals surface area contributed by atoms with Crippen LogP contribution in [-0.2, 0) is 9.59 Å². The van der Waals surface area contributed by atoms with Crippen LogP contribution in [0, 0.1) is 0 Å². The van der Waals surface area contributed by atoms with Crippen molar-refractivity contribution in [3.05, 3.63) is 68.9 Å². The Bertz CT molecular complexity index is 670. The Morgan fingerprint density at radius 2 is 0.643 bits per heavy atom. The van der Waals surface area contributed by atoms with Gasteiger partial charge in [0.2, 0.25) is 0 Å². The Labute approximate surface area is 171 Å². The number of hydrogen-bond acceptors (Lipinski definition) is 2. The summed E-state index contributed by atoms with van der Waals surface area (Å²) in [5.41, 5.74) is 7.28. The van der Waals surface area contributed by atoms with Gasteiger partial charge in [0.25, 0.3) is 0 Å². The molecule has 0 unspecified atom stereocenters. The molecule has 2 heteroatoms. The molecule has 152 valence electrons.